The van der Waals surface area contributed by atoms with Crippen LogP contribution in [0.2, 0.25) is 0 Å². The zero-order chi connectivity index (χ0) is 22.3. The lowest BCUT2D eigenvalue weighted by molar-refractivity contribution is -0.118. The van der Waals surface area contributed by atoms with E-state index in [-0.39, 0.29) is 11.8 Å². The van der Waals surface area contributed by atoms with Gasteiger partial charge in [-0.1, -0.05) is 49.7 Å². The number of amides is 2. The minimum atomic E-state index is -0.633. The zero-order valence-corrected chi connectivity index (χ0v) is 18.3. The van der Waals surface area contributed by atoms with E-state index in [4.69, 9.17) is 0 Å². The molecule has 7 nitrogen and oxygen atoms in total. The first kappa shape index (κ1) is 21.6. The highest BCUT2D eigenvalue weighted by Gasteiger charge is 2.22. The van der Waals surface area contributed by atoms with E-state index < -0.39 is 6.04 Å². The molecule has 0 saturated carbocycles. The molecule has 0 spiro atoms. The van der Waals surface area contributed by atoms with Crippen molar-refractivity contribution < 1.29 is 9.59 Å². The Kier molecular flexibility index (Phi) is 6.84. The summed E-state index contributed by atoms with van der Waals surface area (Å²) in [5, 5.41) is 12.8. The molecule has 2 amide bonds. The van der Waals surface area contributed by atoms with Crippen molar-refractivity contribution in [1.29, 1.82) is 0 Å². The van der Waals surface area contributed by atoms with Crippen molar-refractivity contribution >= 4 is 23.2 Å². The van der Waals surface area contributed by atoms with Crippen molar-refractivity contribution in [2.45, 2.75) is 38.6 Å². The Morgan fingerprint density at radius 3 is 2.59 bits per heavy atom. The highest BCUT2D eigenvalue weighted by molar-refractivity contribution is 6.01. The van der Waals surface area contributed by atoms with Gasteiger partial charge in [0.2, 0.25) is 5.91 Å². The van der Waals surface area contributed by atoms with Gasteiger partial charge >= 0.3 is 0 Å². The number of carbonyl (C=O) groups excluding carboxylic acids is 2. The maximum absolute atomic E-state index is 13.0. The first-order valence-electron chi connectivity index (χ1n) is 11.2. The minimum Gasteiger partial charge on any atom is -0.371 e. The molecule has 0 aliphatic carbocycles. The van der Waals surface area contributed by atoms with Crippen LogP contribution in [-0.2, 0) is 4.79 Å². The van der Waals surface area contributed by atoms with Crippen LogP contribution in [0.4, 0.5) is 11.4 Å². The van der Waals surface area contributed by atoms with Gasteiger partial charge in [0.15, 0.2) is 0 Å². The monoisotopic (exact) mass is 431 g/mol. The summed E-state index contributed by atoms with van der Waals surface area (Å²) in [6.45, 7) is 4.08. The van der Waals surface area contributed by atoms with Crippen LogP contribution in [0.25, 0.3) is 11.3 Å². The minimum absolute atomic E-state index is 0.221. The third-order valence-corrected chi connectivity index (χ3v) is 5.68. The molecule has 3 aromatic rings. The second-order valence-corrected chi connectivity index (χ2v) is 8.08. The smallest absolute Gasteiger partial charge is 0.269 e. The number of benzene rings is 2. The molecule has 3 N–H and O–H groups in total. The second-order valence-electron chi connectivity index (χ2n) is 8.08. The third kappa shape index (κ3) is 5.17. The number of H-pyrrole nitrogens is 1. The number of aromatic nitrogens is 2. The molecular formula is C25H29N5O2. The van der Waals surface area contributed by atoms with Crippen molar-refractivity contribution in [3.8, 4) is 11.3 Å². The Hall–Kier alpha value is -3.61. The van der Waals surface area contributed by atoms with Gasteiger partial charge in [0.05, 0.1) is 5.69 Å². The second kappa shape index (κ2) is 10.1. The zero-order valence-electron chi connectivity index (χ0n) is 18.3. The summed E-state index contributed by atoms with van der Waals surface area (Å²) < 4.78 is 0. The predicted molar refractivity (Wildman–Crippen MR) is 127 cm³/mol. The summed E-state index contributed by atoms with van der Waals surface area (Å²) >= 11 is 0. The lowest BCUT2D eigenvalue weighted by atomic mass is 10.1. The molecule has 1 saturated heterocycles. The molecule has 1 unspecified atom stereocenters. The number of rotatable bonds is 8. The van der Waals surface area contributed by atoms with Crippen molar-refractivity contribution in [3.63, 3.8) is 0 Å². The maximum atomic E-state index is 13.0. The summed E-state index contributed by atoms with van der Waals surface area (Å²) in [7, 11) is 0. The van der Waals surface area contributed by atoms with Crippen LogP contribution in [0.5, 0.6) is 0 Å². The molecule has 4 rings (SSSR count). The van der Waals surface area contributed by atoms with Gasteiger partial charge in [-0.25, -0.2) is 0 Å². The molecule has 2 aromatic carbocycles. The number of anilines is 2. The normalized spacial score (nSPS) is 14.2. The van der Waals surface area contributed by atoms with E-state index in [9.17, 15) is 9.59 Å². The van der Waals surface area contributed by atoms with Crippen molar-refractivity contribution in [2.75, 3.05) is 23.3 Å². The number of carbonyl (C=O) groups is 2. The lowest BCUT2D eigenvalue weighted by Gasteiger charge is -2.20. The number of nitrogens with zero attached hydrogens (tertiary/aromatic N) is 2. The molecular weight excluding hydrogens is 402 g/mol. The molecule has 1 aromatic heterocycles. The van der Waals surface area contributed by atoms with Gasteiger partial charge in [0.1, 0.15) is 11.7 Å². The van der Waals surface area contributed by atoms with Crippen LogP contribution in [0.1, 0.15) is 43.1 Å². The topological polar surface area (TPSA) is 90.1 Å². The van der Waals surface area contributed by atoms with E-state index in [0.717, 1.165) is 36.4 Å². The fourth-order valence-corrected chi connectivity index (χ4v) is 3.97. The van der Waals surface area contributed by atoms with E-state index in [1.807, 2.05) is 55.5 Å². The first-order chi connectivity index (χ1) is 15.6. The molecule has 0 bridgehead atoms. The van der Waals surface area contributed by atoms with Gasteiger partial charge < -0.3 is 15.5 Å². The highest BCUT2D eigenvalue weighted by atomic mass is 16.2. The van der Waals surface area contributed by atoms with Gasteiger partial charge in [-0.15, -0.1) is 0 Å². The molecule has 166 valence electrons. The van der Waals surface area contributed by atoms with E-state index in [1.165, 1.54) is 12.8 Å². The Labute approximate surface area is 188 Å². The van der Waals surface area contributed by atoms with Gasteiger partial charge in [-0.2, -0.15) is 5.10 Å². The Morgan fingerprint density at radius 1 is 1.06 bits per heavy atom. The molecule has 1 aliphatic heterocycles. The van der Waals surface area contributed by atoms with Gasteiger partial charge in [0, 0.05) is 30.0 Å². The van der Waals surface area contributed by atoms with Crippen LogP contribution < -0.4 is 15.5 Å². The molecule has 0 radical (unpaired) electrons. The average molecular weight is 432 g/mol. The maximum Gasteiger partial charge on any atom is 0.269 e. The van der Waals surface area contributed by atoms with Gasteiger partial charge in [-0.3, -0.25) is 14.7 Å². The predicted octanol–water partition coefficient (Wildman–Crippen LogP) is 4.21. The summed E-state index contributed by atoms with van der Waals surface area (Å²) in [4.78, 5) is 28.1. The van der Waals surface area contributed by atoms with E-state index >= 15 is 0 Å². The summed E-state index contributed by atoms with van der Waals surface area (Å²) in [6, 6.07) is 18.6. The molecule has 1 aliphatic rings. The Morgan fingerprint density at radius 2 is 1.84 bits per heavy atom. The van der Waals surface area contributed by atoms with Crippen LogP contribution in [0.15, 0.2) is 60.7 Å². The van der Waals surface area contributed by atoms with E-state index in [0.29, 0.717) is 17.8 Å². The Bertz CT molecular complexity index is 1060. The van der Waals surface area contributed by atoms with Crippen LogP contribution in [-0.4, -0.2) is 41.1 Å². The van der Waals surface area contributed by atoms with Gasteiger partial charge in [-0.05, 0) is 43.5 Å². The highest BCUT2D eigenvalue weighted by Crippen LogP contribution is 2.23. The number of hydrogen-bond acceptors (Lipinski definition) is 4. The van der Waals surface area contributed by atoms with Crippen LogP contribution >= 0.6 is 0 Å². The fraction of sp³-hybridized carbons (Fsp3) is 0.320. The molecule has 1 fully saturated rings. The summed E-state index contributed by atoms with van der Waals surface area (Å²) in [6.07, 6.45) is 3.70. The fourth-order valence-electron chi connectivity index (χ4n) is 3.97. The van der Waals surface area contributed by atoms with Crippen molar-refractivity contribution in [2.24, 2.45) is 0 Å². The van der Waals surface area contributed by atoms with Crippen LogP contribution in [0.3, 0.4) is 0 Å². The SMILES string of the molecule is CCCC(NC(=O)c1cc(-c2ccccc2)n[nH]1)C(=O)Nc1cccc(N2CCCC2)c1. The first-order valence-corrected chi connectivity index (χ1v) is 11.2. The quantitative estimate of drug-likeness (QED) is 0.498. The van der Waals surface area contributed by atoms with Crippen molar-refractivity contribution in [1.82, 2.24) is 15.5 Å². The largest absolute Gasteiger partial charge is 0.371 e. The third-order valence-electron chi connectivity index (χ3n) is 5.68. The molecule has 32 heavy (non-hydrogen) atoms. The summed E-state index contributed by atoms with van der Waals surface area (Å²) in [5.41, 5.74) is 3.79. The number of aromatic amines is 1. The van der Waals surface area contributed by atoms with E-state index in [1.54, 1.807) is 6.07 Å². The average Bonchev–Trinajstić information content (AvgIpc) is 3.52. The number of nitrogens with one attached hydrogen (secondary N) is 3. The van der Waals surface area contributed by atoms with Gasteiger partial charge in [0.25, 0.3) is 5.91 Å². The molecule has 1 atom stereocenters. The van der Waals surface area contributed by atoms with E-state index in [2.05, 4.69) is 31.8 Å². The van der Waals surface area contributed by atoms with Crippen LogP contribution in [0, 0.1) is 0 Å². The standard InChI is InChI=1S/C25H29N5O2/c1-2-9-21(24(31)26-19-12-8-13-20(16-19)30-14-6-7-15-30)27-25(32)23-17-22(28-29-23)18-10-4-3-5-11-18/h3-5,8,10-13,16-17,21H,2,6-7,9,14-15H2,1H3,(H,26,31)(H,27,32)(H,28,29). The summed E-state index contributed by atoms with van der Waals surface area (Å²) in [5.74, 6) is -0.569. The number of hydrogen-bond donors (Lipinski definition) is 3. The lowest BCUT2D eigenvalue weighted by Crippen LogP contribution is -2.43. The Balaban J connectivity index is 1.42. The molecule has 2 heterocycles. The van der Waals surface area contributed by atoms with Crippen molar-refractivity contribution in [3.05, 3.63) is 66.4 Å². The molecule has 7 heteroatoms.